The summed E-state index contributed by atoms with van der Waals surface area (Å²) in [4.78, 5) is 1.76. The molecule has 0 bridgehead atoms. The highest BCUT2D eigenvalue weighted by atomic mass is 79.9. The molecule has 0 radical (unpaired) electrons. The molecule has 0 aliphatic heterocycles. The molecule has 0 unspecified atom stereocenters. The van der Waals surface area contributed by atoms with E-state index in [0.29, 0.717) is 17.2 Å². The first-order chi connectivity index (χ1) is 7.28. The Kier molecular flexibility index (Phi) is 4.49. The van der Waals surface area contributed by atoms with Gasteiger partial charge in [0.1, 0.15) is 0 Å². The molecule has 1 aromatic carbocycles. The van der Waals surface area contributed by atoms with Gasteiger partial charge < -0.3 is 14.2 Å². The van der Waals surface area contributed by atoms with Gasteiger partial charge in [-0.2, -0.15) is 0 Å². The summed E-state index contributed by atoms with van der Waals surface area (Å²) in [6.45, 7) is 0. The van der Waals surface area contributed by atoms with Crippen molar-refractivity contribution < 1.29 is 14.2 Å². The van der Waals surface area contributed by atoms with Crippen molar-refractivity contribution in [3.63, 3.8) is 0 Å². The summed E-state index contributed by atoms with van der Waals surface area (Å²) >= 11 is 3.22. The second-order valence-corrected chi connectivity index (χ2v) is 3.24. The van der Waals surface area contributed by atoms with Crippen LogP contribution in [0.4, 0.5) is 0 Å². The standard InChI is InChI=1S/C11H13BrO3/c1-13-9-5-4-8(6-7-12)10(14-2)11(9)15-3/h4-7H,1-3H3/b7-6+. The molecule has 0 aliphatic carbocycles. The van der Waals surface area contributed by atoms with Gasteiger partial charge in [-0.25, -0.2) is 0 Å². The average molecular weight is 273 g/mol. The highest BCUT2D eigenvalue weighted by Crippen LogP contribution is 2.40. The van der Waals surface area contributed by atoms with E-state index in [-0.39, 0.29) is 0 Å². The minimum atomic E-state index is 0.600. The molecule has 0 saturated heterocycles. The van der Waals surface area contributed by atoms with Crippen LogP contribution in [-0.4, -0.2) is 21.3 Å². The van der Waals surface area contributed by atoms with Gasteiger partial charge in [0.05, 0.1) is 21.3 Å². The number of ether oxygens (including phenoxy) is 3. The van der Waals surface area contributed by atoms with Crippen molar-refractivity contribution in [1.29, 1.82) is 0 Å². The maximum Gasteiger partial charge on any atom is 0.203 e. The lowest BCUT2D eigenvalue weighted by Crippen LogP contribution is -1.96. The van der Waals surface area contributed by atoms with Gasteiger partial charge in [0.25, 0.3) is 0 Å². The largest absolute Gasteiger partial charge is 0.493 e. The third kappa shape index (κ3) is 2.45. The van der Waals surface area contributed by atoms with E-state index in [1.165, 1.54) is 0 Å². The molecule has 0 saturated carbocycles. The van der Waals surface area contributed by atoms with Gasteiger partial charge in [-0.15, -0.1) is 0 Å². The van der Waals surface area contributed by atoms with Crippen molar-refractivity contribution >= 4 is 22.0 Å². The highest BCUT2D eigenvalue weighted by molar-refractivity contribution is 9.11. The predicted molar refractivity (Wildman–Crippen MR) is 64.1 cm³/mol. The number of methoxy groups -OCH3 is 3. The van der Waals surface area contributed by atoms with Crippen LogP contribution in [0, 0.1) is 0 Å². The lowest BCUT2D eigenvalue weighted by Gasteiger charge is -2.13. The molecule has 0 heterocycles. The molecule has 0 aromatic heterocycles. The maximum atomic E-state index is 5.29. The summed E-state index contributed by atoms with van der Waals surface area (Å²) < 4.78 is 15.7. The third-order valence-corrected chi connectivity index (χ3v) is 2.24. The molecule has 0 fully saturated rings. The Morgan fingerprint density at radius 3 is 2.13 bits per heavy atom. The molecule has 0 aliphatic rings. The summed E-state index contributed by atoms with van der Waals surface area (Å²) in [6, 6.07) is 3.74. The SMILES string of the molecule is COc1ccc(/C=C/Br)c(OC)c1OC. The molecule has 1 aromatic rings. The molecule has 0 N–H and O–H groups in total. The number of halogens is 1. The molecule has 0 atom stereocenters. The van der Waals surface area contributed by atoms with Crippen LogP contribution in [-0.2, 0) is 0 Å². The fourth-order valence-electron chi connectivity index (χ4n) is 1.32. The van der Waals surface area contributed by atoms with E-state index in [1.807, 2.05) is 18.2 Å². The van der Waals surface area contributed by atoms with Crippen molar-refractivity contribution in [2.45, 2.75) is 0 Å². The molecule has 4 heteroatoms. The zero-order valence-electron chi connectivity index (χ0n) is 8.91. The van der Waals surface area contributed by atoms with Crippen molar-refractivity contribution in [2.75, 3.05) is 21.3 Å². The number of benzene rings is 1. The molecular formula is C11H13BrO3. The molecule has 3 nitrogen and oxygen atoms in total. The Bertz CT molecular complexity index is 361. The van der Waals surface area contributed by atoms with E-state index in [9.17, 15) is 0 Å². The van der Waals surface area contributed by atoms with Gasteiger partial charge in [-0.05, 0) is 23.2 Å². The number of hydrogen-bond donors (Lipinski definition) is 0. The molecule has 15 heavy (non-hydrogen) atoms. The van der Waals surface area contributed by atoms with E-state index in [2.05, 4.69) is 15.9 Å². The minimum absolute atomic E-state index is 0.600. The van der Waals surface area contributed by atoms with E-state index in [4.69, 9.17) is 14.2 Å². The van der Waals surface area contributed by atoms with Crippen molar-refractivity contribution in [1.82, 2.24) is 0 Å². The summed E-state index contributed by atoms with van der Waals surface area (Å²) in [5, 5.41) is 0. The fourth-order valence-corrected chi connectivity index (χ4v) is 1.61. The Labute approximate surface area is 97.8 Å². The van der Waals surface area contributed by atoms with E-state index in [0.717, 1.165) is 5.56 Å². The maximum absolute atomic E-state index is 5.29. The predicted octanol–water partition coefficient (Wildman–Crippen LogP) is 3.08. The monoisotopic (exact) mass is 272 g/mol. The van der Waals surface area contributed by atoms with Crippen LogP contribution in [0.2, 0.25) is 0 Å². The zero-order valence-corrected chi connectivity index (χ0v) is 10.5. The second-order valence-electron chi connectivity index (χ2n) is 2.72. The van der Waals surface area contributed by atoms with Gasteiger partial charge in [0.2, 0.25) is 5.75 Å². The normalized spacial score (nSPS) is 10.4. The van der Waals surface area contributed by atoms with Gasteiger partial charge >= 0.3 is 0 Å². The van der Waals surface area contributed by atoms with E-state index < -0.39 is 0 Å². The Morgan fingerprint density at radius 2 is 1.67 bits per heavy atom. The Morgan fingerprint density at radius 1 is 1.00 bits per heavy atom. The van der Waals surface area contributed by atoms with Crippen LogP contribution in [0.3, 0.4) is 0 Å². The molecule has 0 amide bonds. The summed E-state index contributed by atoms with van der Waals surface area (Å²) in [6.07, 6.45) is 1.88. The summed E-state index contributed by atoms with van der Waals surface area (Å²) in [7, 11) is 4.78. The van der Waals surface area contributed by atoms with Crippen LogP contribution >= 0.6 is 15.9 Å². The van der Waals surface area contributed by atoms with E-state index in [1.54, 1.807) is 26.3 Å². The fraction of sp³-hybridized carbons (Fsp3) is 0.273. The third-order valence-electron chi connectivity index (χ3n) is 1.98. The second kappa shape index (κ2) is 5.66. The zero-order chi connectivity index (χ0) is 11.3. The molecular weight excluding hydrogens is 260 g/mol. The lowest BCUT2D eigenvalue weighted by atomic mass is 10.1. The average Bonchev–Trinajstić information content (AvgIpc) is 2.28. The molecule has 82 valence electrons. The summed E-state index contributed by atoms with van der Waals surface area (Å²) in [5.41, 5.74) is 0.923. The van der Waals surface area contributed by atoms with E-state index >= 15 is 0 Å². The summed E-state index contributed by atoms with van der Waals surface area (Å²) in [5.74, 6) is 1.91. The van der Waals surface area contributed by atoms with Gasteiger partial charge in [0.15, 0.2) is 11.5 Å². The first-order valence-corrected chi connectivity index (χ1v) is 5.25. The van der Waals surface area contributed by atoms with Crippen LogP contribution in [0.1, 0.15) is 5.56 Å². The van der Waals surface area contributed by atoms with Crippen LogP contribution in [0.25, 0.3) is 6.08 Å². The molecule has 1 rings (SSSR count). The first kappa shape index (κ1) is 11.9. The highest BCUT2D eigenvalue weighted by Gasteiger charge is 2.13. The smallest absolute Gasteiger partial charge is 0.203 e. The van der Waals surface area contributed by atoms with Gasteiger partial charge in [-0.3, -0.25) is 0 Å². The molecule has 0 spiro atoms. The lowest BCUT2D eigenvalue weighted by molar-refractivity contribution is 0.324. The van der Waals surface area contributed by atoms with Gasteiger partial charge in [0, 0.05) is 5.56 Å². The number of hydrogen-bond acceptors (Lipinski definition) is 3. The van der Waals surface area contributed by atoms with Crippen molar-refractivity contribution in [3.05, 3.63) is 22.7 Å². The van der Waals surface area contributed by atoms with Crippen LogP contribution in [0.15, 0.2) is 17.1 Å². The quantitative estimate of drug-likeness (QED) is 0.843. The topological polar surface area (TPSA) is 27.7 Å². The van der Waals surface area contributed by atoms with Crippen LogP contribution < -0.4 is 14.2 Å². The Hall–Kier alpha value is -1.16. The minimum Gasteiger partial charge on any atom is -0.493 e. The van der Waals surface area contributed by atoms with Crippen LogP contribution in [0.5, 0.6) is 17.2 Å². The van der Waals surface area contributed by atoms with Gasteiger partial charge in [-0.1, -0.05) is 15.9 Å². The van der Waals surface area contributed by atoms with Crippen molar-refractivity contribution in [3.8, 4) is 17.2 Å². The van der Waals surface area contributed by atoms with Crippen molar-refractivity contribution in [2.24, 2.45) is 0 Å². The number of rotatable bonds is 4. The first-order valence-electron chi connectivity index (χ1n) is 4.34. The Balaban J connectivity index is 3.33.